The summed E-state index contributed by atoms with van der Waals surface area (Å²) in [5, 5.41) is 9.21. The van der Waals surface area contributed by atoms with Gasteiger partial charge in [-0.25, -0.2) is 9.59 Å². The van der Waals surface area contributed by atoms with Gasteiger partial charge in [0.25, 0.3) is 0 Å². The lowest BCUT2D eigenvalue weighted by molar-refractivity contribution is -0.141. The van der Waals surface area contributed by atoms with Gasteiger partial charge in [-0.05, 0) is 72.6 Å². The molecular weight excluding hydrogens is 579 g/mol. The van der Waals surface area contributed by atoms with Crippen molar-refractivity contribution in [2.24, 2.45) is 5.92 Å². The number of carbonyl (C=O) groups excluding carboxylic acids is 4. The van der Waals surface area contributed by atoms with E-state index in [4.69, 9.17) is 32.7 Å². The summed E-state index contributed by atoms with van der Waals surface area (Å²) in [4.78, 5) is 59.6. The Balaban J connectivity index is 3.21. The zero-order valence-electron chi connectivity index (χ0n) is 24.7. The van der Waals surface area contributed by atoms with E-state index in [1.807, 2.05) is 0 Å². The van der Waals surface area contributed by atoms with E-state index in [-0.39, 0.29) is 24.4 Å². The third-order valence-electron chi connectivity index (χ3n) is 4.89. The molecular formula is C27H39O14P. The lowest BCUT2D eigenvalue weighted by atomic mass is 10.1. The number of rotatable bonds is 17. The number of benzene rings is 1. The van der Waals surface area contributed by atoms with Crippen LogP contribution in [0.4, 0.5) is 9.59 Å². The molecule has 0 aliphatic carbocycles. The Morgan fingerprint density at radius 3 is 1.67 bits per heavy atom. The van der Waals surface area contributed by atoms with Gasteiger partial charge in [0.05, 0.1) is 24.3 Å². The second-order valence-electron chi connectivity index (χ2n) is 9.78. The average molecular weight is 619 g/mol. The molecule has 0 spiro atoms. The summed E-state index contributed by atoms with van der Waals surface area (Å²) >= 11 is 0. The van der Waals surface area contributed by atoms with Gasteiger partial charge in [0, 0.05) is 12.8 Å². The standard InChI is InChI=1S/C27H39O14P/c1-16(2)35-26(32)37-19(6)40-42(34,41-20(7)38-27(33)36-17(3)4)15-22(10-13-24(29)30)25(31)39-23-11-8-21(9-12-23)14-18(5)28/h8-9,11-12,16-17,19-20,22H,10,13-15H2,1-7H3,(H,29,30). The summed E-state index contributed by atoms with van der Waals surface area (Å²) in [6, 6.07) is 6.06. The minimum atomic E-state index is -4.51. The number of carboxylic acid groups (broad SMARTS) is 1. The molecule has 236 valence electrons. The van der Waals surface area contributed by atoms with Crippen LogP contribution in [-0.2, 0) is 53.4 Å². The van der Waals surface area contributed by atoms with E-state index in [1.165, 1.54) is 32.9 Å². The third-order valence-corrected chi connectivity index (χ3v) is 7.01. The Morgan fingerprint density at radius 2 is 1.26 bits per heavy atom. The number of ether oxygens (including phenoxy) is 5. The quantitative estimate of drug-likeness (QED) is 0.103. The first-order valence-electron chi connectivity index (χ1n) is 13.2. The molecule has 0 aromatic heterocycles. The van der Waals surface area contributed by atoms with Gasteiger partial charge >= 0.3 is 31.8 Å². The van der Waals surface area contributed by atoms with Crippen molar-refractivity contribution in [3.63, 3.8) is 0 Å². The van der Waals surface area contributed by atoms with Gasteiger partial charge in [-0.2, -0.15) is 0 Å². The molecule has 1 aromatic rings. The van der Waals surface area contributed by atoms with Crippen LogP contribution in [0.15, 0.2) is 24.3 Å². The van der Waals surface area contributed by atoms with E-state index in [2.05, 4.69) is 0 Å². The largest absolute Gasteiger partial charge is 0.510 e. The van der Waals surface area contributed by atoms with Crippen LogP contribution < -0.4 is 4.74 Å². The number of aliphatic carboxylic acids is 1. The van der Waals surface area contributed by atoms with Gasteiger partial charge in [0.15, 0.2) is 0 Å². The summed E-state index contributed by atoms with van der Waals surface area (Å²) in [5.74, 6) is -3.52. The molecule has 1 aromatic carbocycles. The van der Waals surface area contributed by atoms with Crippen LogP contribution in [0.3, 0.4) is 0 Å². The maximum absolute atomic E-state index is 13.9. The lowest BCUT2D eigenvalue weighted by Crippen LogP contribution is -2.29. The molecule has 14 nitrogen and oxygen atoms in total. The monoisotopic (exact) mass is 618 g/mol. The number of carbonyl (C=O) groups is 5. The first-order chi connectivity index (χ1) is 19.5. The van der Waals surface area contributed by atoms with E-state index in [0.29, 0.717) is 5.56 Å². The molecule has 0 aliphatic rings. The van der Waals surface area contributed by atoms with Crippen molar-refractivity contribution in [1.29, 1.82) is 0 Å². The van der Waals surface area contributed by atoms with Crippen LogP contribution in [-0.4, -0.2) is 66.1 Å². The Bertz CT molecular complexity index is 1080. The molecule has 0 heterocycles. The van der Waals surface area contributed by atoms with Gasteiger partial charge in [-0.3, -0.25) is 28.0 Å². The second kappa shape index (κ2) is 17.5. The molecule has 0 aliphatic heterocycles. The second-order valence-corrected chi connectivity index (χ2v) is 11.8. The van der Waals surface area contributed by atoms with Crippen molar-refractivity contribution in [2.75, 3.05) is 6.16 Å². The highest BCUT2D eigenvalue weighted by molar-refractivity contribution is 7.53. The Morgan fingerprint density at radius 1 is 0.786 bits per heavy atom. The number of hydrogen-bond donors (Lipinski definition) is 1. The van der Waals surface area contributed by atoms with Crippen LogP contribution in [0.1, 0.15) is 66.9 Å². The molecule has 3 atom stereocenters. The number of ketones is 1. The Hall–Kier alpha value is -3.48. The summed E-state index contributed by atoms with van der Waals surface area (Å²) < 4.78 is 49.7. The fraction of sp³-hybridized carbons (Fsp3) is 0.593. The predicted octanol–water partition coefficient (Wildman–Crippen LogP) is 5.25. The maximum Gasteiger partial charge on any atom is 0.510 e. The summed E-state index contributed by atoms with van der Waals surface area (Å²) in [6.07, 6.45) is -7.76. The molecule has 0 amide bonds. The Labute approximate surface area is 244 Å². The molecule has 0 saturated carbocycles. The van der Waals surface area contributed by atoms with Crippen molar-refractivity contribution >= 4 is 37.6 Å². The highest BCUT2D eigenvalue weighted by Gasteiger charge is 2.39. The third kappa shape index (κ3) is 15.5. The molecule has 0 saturated heterocycles. The highest BCUT2D eigenvalue weighted by atomic mass is 31.2. The predicted molar refractivity (Wildman–Crippen MR) is 146 cm³/mol. The van der Waals surface area contributed by atoms with E-state index < -0.39 is 75.1 Å². The number of carboxylic acids is 1. The highest BCUT2D eigenvalue weighted by Crippen LogP contribution is 2.53. The van der Waals surface area contributed by atoms with Crippen LogP contribution in [0.25, 0.3) is 0 Å². The van der Waals surface area contributed by atoms with E-state index in [9.17, 15) is 33.6 Å². The van der Waals surface area contributed by atoms with Crippen LogP contribution in [0.2, 0.25) is 0 Å². The van der Waals surface area contributed by atoms with E-state index >= 15 is 0 Å². The zero-order chi connectivity index (χ0) is 32.0. The van der Waals surface area contributed by atoms with Gasteiger partial charge in [-0.15, -0.1) is 0 Å². The fourth-order valence-corrected chi connectivity index (χ4v) is 5.42. The SMILES string of the molecule is CC(=O)Cc1ccc(OC(=O)C(CCC(=O)O)CP(=O)(OC(C)OC(=O)OC(C)C)OC(C)OC(=O)OC(C)C)cc1. The lowest BCUT2D eigenvalue weighted by Gasteiger charge is -2.27. The van der Waals surface area contributed by atoms with Crippen molar-refractivity contribution in [2.45, 2.75) is 92.5 Å². The number of hydrogen-bond acceptors (Lipinski definition) is 13. The summed E-state index contributed by atoms with van der Waals surface area (Å²) in [6.45, 7) is 10.2. The van der Waals surface area contributed by atoms with Gasteiger partial charge in [0.2, 0.25) is 12.6 Å². The number of Topliss-reactive ketones (excluding diaryl/α,β-unsaturated/α-hetero) is 1. The minimum absolute atomic E-state index is 0.0596. The first-order valence-corrected chi connectivity index (χ1v) is 14.9. The molecule has 0 fully saturated rings. The molecule has 15 heteroatoms. The zero-order valence-corrected chi connectivity index (χ0v) is 25.6. The molecule has 3 unspecified atom stereocenters. The normalized spacial score (nSPS) is 14.7. The minimum Gasteiger partial charge on any atom is -0.481 e. The fourth-order valence-electron chi connectivity index (χ4n) is 3.33. The number of esters is 1. The molecule has 1 N–H and O–H groups in total. The van der Waals surface area contributed by atoms with Crippen molar-refractivity contribution in [3.05, 3.63) is 29.8 Å². The van der Waals surface area contributed by atoms with Crippen LogP contribution >= 0.6 is 7.60 Å². The van der Waals surface area contributed by atoms with Crippen molar-refractivity contribution < 1.29 is 66.4 Å². The van der Waals surface area contributed by atoms with Crippen LogP contribution in [0, 0.1) is 5.92 Å². The van der Waals surface area contributed by atoms with Crippen LogP contribution in [0.5, 0.6) is 5.75 Å². The van der Waals surface area contributed by atoms with E-state index in [0.717, 1.165) is 0 Å². The maximum atomic E-state index is 13.9. The molecule has 0 radical (unpaired) electrons. The topological polar surface area (TPSA) is 187 Å². The van der Waals surface area contributed by atoms with Crippen molar-refractivity contribution in [3.8, 4) is 5.75 Å². The molecule has 42 heavy (non-hydrogen) atoms. The van der Waals surface area contributed by atoms with E-state index in [1.54, 1.807) is 39.8 Å². The van der Waals surface area contributed by atoms with Gasteiger partial charge in [0.1, 0.15) is 11.5 Å². The Kier molecular flexibility index (Phi) is 15.2. The van der Waals surface area contributed by atoms with Crippen molar-refractivity contribution in [1.82, 2.24) is 0 Å². The summed E-state index contributed by atoms with van der Waals surface area (Å²) in [7, 11) is -4.51. The smallest absolute Gasteiger partial charge is 0.481 e. The molecule has 0 bridgehead atoms. The first kappa shape index (κ1) is 36.5. The summed E-state index contributed by atoms with van der Waals surface area (Å²) in [5.41, 5.74) is 0.686. The average Bonchev–Trinajstić information content (AvgIpc) is 2.80. The van der Waals surface area contributed by atoms with Gasteiger partial charge < -0.3 is 28.8 Å². The van der Waals surface area contributed by atoms with Gasteiger partial charge in [-0.1, -0.05) is 12.1 Å². The molecule has 1 rings (SSSR count).